The van der Waals surface area contributed by atoms with Crippen LogP contribution in [-0.4, -0.2) is 47.9 Å². The monoisotopic (exact) mass is 459 g/mol. The van der Waals surface area contributed by atoms with Gasteiger partial charge in [-0.15, -0.1) is 6.58 Å². The summed E-state index contributed by atoms with van der Waals surface area (Å²) in [5.41, 5.74) is 1.14. The number of benzene rings is 2. The van der Waals surface area contributed by atoms with Crippen molar-refractivity contribution in [1.29, 1.82) is 0 Å². The Bertz CT molecular complexity index is 1010. The molecule has 1 N–H and O–H groups in total. The molecule has 9 heteroatoms. The average molecular weight is 460 g/mol. The van der Waals surface area contributed by atoms with E-state index in [0.717, 1.165) is 0 Å². The smallest absolute Gasteiger partial charge is 0.242 e. The molecule has 1 saturated heterocycles. The summed E-state index contributed by atoms with van der Waals surface area (Å²) in [6.07, 6.45) is 1.61. The highest BCUT2D eigenvalue weighted by atomic mass is 35.5. The van der Waals surface area contributed by atoms with Crippen molar-refractivity contribution in [2.24, 2.45) is 4.99 Å². The molecule has 0 aliphatic carbocycles. The Balaban J connectivity index is 1.75. The zero-order valence-electron chi connectivity index (χ0n) is 17.1. The van der Waals surface area contributed by atoms with E-state index < -0.39 is 5.25 Å². The minimum atomic E-state index is -0.595. The predicted octanol–water partition coefficient (Wildman–Crippen LogP) is 4.50. The second-order valence-electron chi connectivity index (χ2n) is 6.53. The number of carbonyl (C=O) groups excluding carboxylic acids is 2. The van der Waals surface area contributed by atoms with Crippen molar-refractivity contribution in [3.8, 4) is 11.5 Å². The fourth-order valence-electron chi connectivity index (χ4n) is 2.93. The summed E-state index contributed by atoms with van der Waals surface area (Å²) in [6.45, 7) is 4.01. The third kappa shape index (κ3) is 5.59. The number of nitrogens with one attached hydrogen (secondary N) is 1. The maximum Gasteiger partial charge on any atom is 0.242 e. The zero-order valence-corrected chi connectivity index (χ0v) is 18.7. The zero-order chi connectivity index (χ0) is 22.4. The molecule has 2 amide bonds. The molecule has 1 fully saturated rings. The van der Waals surface area contributed by atoms with Crippen LogP contribution >= 0.6 is 23.4 Å². The number of hydrogen-bond acceptors (Lipinski definition) is 6. The SMILES string of the molecule is C=CCN1C(=O)[C@H](CC(=O)Nc2cc(OC)ccc2OC)SC1=Nc1ccc(Cl)cc1. The summed E-state index contributed by atoms with van der Waals surface area (Å²) in [6, 6.07) is 12.1. The summed E-state index contributed by atoms with van der Waals surface area (Å²) in [4.78, 5) is 31.7. The van der Waals surface area contributed by atoms with Gasteiger partial charge in [0.25, 0.3) is 0 Å². The fourth-order valence-corrected chi connectivity index (χ4v) is 4.22. The van der Waals surface area contributed by atoms with E-state index in [1.165, 1.54) is 30.9 Å². The Morgan fingerprint density at radius 3 is 2.65 bits per heavy atom. The van der Waals surface area contributed by atoms with Gasteiger partial charge in [0.1, 0.15) is 16.7 Å². The van der Waals surface area contributed by atoms with Crippen LogP contribution in [0.2, 0.25) is 5.02 Å². The van der Waals surface area contributed by atoms with E-state index in [9.17, 15) is 9.59 Å². The normalized spacial score (nSPS) is 17.0. The summed E-state index contributed by atoms with van der Waals surface area (Å²) in [5.74, 6) is 0.573. The van der Waals surface area contributed by atoms with Gasteiger partial charge in [0.05, 0.1) is 25.6 Å². The average Bonchev–Trinajstić information content (AvgIpc) is 3.04. The van der Waals surface area contributed by atoms with Gasteiger partial charge in [0.15, 0.2) is 5.17 Å². The third-order valence-electron chi connectivity index (χ3n) is 4.43. The summed E-state index contributed by atoms with van der Waals surface area (Å²) in [5, 5.41) is 3.32. The summed E-state index contributed by atoms with van der Waals surface area (Å²) < 4.78 is 10.5. The number of amidine groups is 1. The Hall–Kier alpha value is -2.97. The van der Waals surface area contributed by atoms with Crippen LogP contribution in [0.4, 0.5) is 11.4 Å². The highest BCUT2D eigenvalue weighted by Crippen LogP contribution is 2.33. The van der Waals surface area contributed by atoms with Gasteiger partial charge < -0.3 is 14.8 Å². The number of thioether (sulfide) groups is 1. The first kappa shape index (κ1) is 22.7. The standard InChI is InChI=1S/C22H22ClN3O4S/c1-4-11-26-21(28)19(31-22(26)24-15-7-5-14(23)6-8-15)13-20(27)25-17-12-16(29-2)9-10-18(17)30-3/h4-10,12,19H,1,11,13H2,2-3H3,(H,25,27)/t19-/m0/s1. The molecular formula is C22H22ClN3O4S. The van der Waals surface area contributed by atoms with Crippen molar-refractivity contribution in [3.63, 3.8) is 0 Å². The van der Waals surface area contributed by atoms with Gasteiger partial charge in [-0.25, -0.2) is 4.99 Å². The molecule has 0 aromatic heterocycles. The van der Waals surface area contributed by atoms with E-state index >= 15 is 0 Å². The molecule has 1 heterocycles. The highest BCUT2D eigenvalue weighted by Gasteiger charge is 2.38. The third-order valence-corrected chi connectivity index (χ3v) is 5.86. The molecule has 1 aliphatic heterocycles. The molecule has 3 rings (SSSR count). The molecule has 2 aromatic rings. The number of carbonyl (C=O) groups is 2. The number of methoxy groups -OCH3 is 2. The molecule has 162 valence electrons. The van der Waals surface area contributed by atoms with Crippen LogP contribution in [0.1, 0.15) is 6.42 Å². The number of anilines is 1. The van der Waals surface area contributed by atoms with Crippen LogP contribution in [0.5, 0.6) is 11.5 Å². The Labute approximate surface area is 190 Å². The maximum atomic E-state index is 12.9. The lowest BCUT2D eigenvalue weighted by atomic mass is 10.2. The molecule has 1 aliphatic rings. The van der Waals surface area contributed by atoms with Crippen molar-refractivity contribution in [2.75, 3.05) is 26.1 Å². The van der Waals surface area contributed by atoms with Crippen LogP contribution < -0.4 is 14.8 Å². The minimum absolute atomic E-state index is 0.0167. The lowest BCUT2D eigenvalue weighted by Gasteiger charge is -2.14. The van der Waals surface area contributed by atoms with Crippen molar-refractivity contribution >= 4 is 51.7 Å². The number of halogens is 1. The summed E-state index contributed by atoms with van der Waals surface area (Å²) >= 11 is 7.18. The van der Waals surface area contributed by atoms with Gasteiger partial charge in [0, 0.05) is 24.1 Å². The summed E-state index contributed by atoms with van der Waals surface area (Å²) in [7, 11) is 3.05. The predicted molar refractivity (Wildman–Crippen MR) is 125 cm³/mol. The van der Waals surface area contributed by atoms with Crippen LogP contribution in [0, 0.1) is 0 Å². The number of nitrogens with zero attached hydrogens (tertiary/aromatic N) is 2. The lowest BCUT2D eigenvalue weighted by Crippen LogP contribution is -2.33. The van der Waals surface area contributed by atoms with Gasteiger partial charge in [0.2, 0.25) is 11.8 Å². The quantitative estimate of drug-likeness (QED) is 0.588. The number of amides is 2. The molecule has 7 nitrogen and oxygen atoms in total. The Morgan fingerprint density at radius 2 is 2.00 bits per heavy atom. The van der Waals surface area contributed by atoms with Crippen LogP contribution in [0.3, 0.4) is 0 Å². The number of ether oxygens (including phenoxy) is 2. The molecule has 0 saturated carbocycles. The van der Waals surface area contributed by atoms with Crippen molar-refractivity contribution in [3.05, 3.63) is 60.1 Å². The molecule has 0 bridgehead atoms. The highest BCUT2D eigenvalue weighted by molar-refractivity contribution is 8.15. The maximum absolute atomic E-state index is 12.9. The Morgan fingerprint density at radius 1 is 1.26 bits per heavy atom. The van der Waals surface area contributed by atoms with E-state index in [1.807, 2.05) is 0 Å². The number of hydrogen-bond donors (Lipinski definition) is 1. The van der Waals surface area contributed by atoms with E-state index in [-0.39, 0.29) is 18.2 Å². The van der Waals surface area contributed by atoms with Gasteiger partial charge in [-0.2, -0.15) is 0 Å². The molecule has 1 atom stereocenters. The van der Waals surface area contributed by atoms with Gasteiger partial charge in [-0.1, -0.05) is 29.4 Å². The van der Waals surface area contributed by atoms with E-state index in [2.05, 4.69) is 16.9 Å². The first-order valence-electron chi connectivity index (χ1n) is 9.40. The lowest BCUT2D eigenvalue weighted by molar-refractivity contribution is -0.127. The number of rotatable bonds is 8. The van der Waals surface area contributed by atoms with Crippen molar-refractivity contribution < 1.29 is 19.1 Å². The molecule has 0 unspecified atom stereocenters. The molecular weight excluding hydrogens is 438 g/mol. The molecule has 0 spiro atoms. The second-order valence-corrected chi connectivity index (χ2v) is 8.14. The van der Waals surface area contributed by atoms with Gasteiger partial charge >= 0.3 is 0 Å². The van der Waals surface area contributed by atoms with Crippen LogP contribution in [0.25, 0.3) is 0 Å². The largest absolute Gasteiger partial charge is 0.497 e. The fraction of sp³-hybridized carbons (Fsp3) is 0.227. The first-order valence-corrected chi connectivity index (χ1v) is 10.7. The van der Waals surface area contributed by atoms with E-state index in [1.54, 1.807) is 48.5 Å². The van der Waals surface area contributed by atoms with Crippen molar-refractivity contribution in [1.82, 2.24) is 4.90 Å². The minimum Gasteiger partial charge on any atom is -0.497 e. The molecule has 0 radical (unpaired) electrons. The molecule has 31 heavy (non-hydrogen) atoms. The van der Waals surface area contributed by atoms with Crippen LogP contribution in [-0.2, 0) is 9.59 Å². The first-order chi connectivity index (χ1) is 14.9. The number of aliphatic imine (C=N–C) groups is 1. The van der Waals surface area contributed by atoms with Gasteiger partial charge in [-0.05, 0) is 36.4 Å². The van der Waals surface area contributed by atoms with Gasteiger partial charge in [-0.3, -0.25) is 14.5 Å². The van der Waals surface area contributed by atoms with E-state index in [4.69, 9.17) is 21.1 Å². The molecule has 2 aromatic carbocycles. The Kier molecular flexibility index (Phi) is 7.59. The van der Waals surface area contributed by atoms with Crippen LogP contribution in [0.15, 0.2) is 60.1 Å². The van der Waals surface area contributed by atoms with Crippen molar-refractivity contribution in [2.45, 2.75) is 11.7 Å². The second kappa shape index (κ2) is 10.4. The van der Waals surface area contributed by atoms with E-state index in [0.29, 0.717) is 39.6 Å². The topological polar surface area (TPSA) is 80.2 Å².